The van der Waals surface area contributed by atoms with E-state index < -0.39 is 0 Å². The molecule has 2 saturated heterocycles. The van der Waals surface area contributed by atoms with E-state index in [4.69, 9.17) is 4.74 Å². The van der Waals surface area contributed by atoms with Gasteiger partial charge in [-0.1, -0.05) is 0 Å². The molecule has 0 aromatic heterocycles. The minimum absolute atomic E-state index is 0.144. The Hall–Kier alpha value is -0.650. The number of amides is 1. The first-order valence-corrected chi connectivity index (χ1v) is 7.47. The molecule has 0 radical (unpaired) electrons. The normalized spacial score (nSPS) is 28.8. The van der Waals surface area contributed by atoms with Crippen LogP contribution in [-0.2, 0) is 9.53 Å². The minimum atomic E-state index is 0.144. The van der Waals surface area contributed by atoms with E-state index in [0.717, 1.165) is 32.8 Å². The van der Waals surface area contributed by atoms with E-state index in [-0.39, 0.29) is 11.9 Å². The van der Waals surface area contributed by atoms with Crippen molar-refractivity contribution in [1.82, 2.24) is 15.5 Å². The van der Waals surface area contributed by atoms with E-state index in [1.807, 2.05) is 0 Å². The average Bonchev–Trinajstić information content (AvgIpc) is 2.86. The maximum atomic E-state index is 11.9. The summed E-state index contributed by atoms with van der Waals surface area (Å²) in [6, 6.07) is 0.800. The Morgan fingerprint density at radius 2 is 2.37 bits per heavy atom. The lowest BCUT2D eigenvalue weighted by atomic mass is 10.1. The van der Waals surface area contributed by atoms with Crippen LogP contribution >= 0.6 is 0 Å². The number of hydrogen-bond acceptors (Lipinski definition) is 4. The summed E-state index contributed by atoms with van der Waals surface area (Å²) in [6.07, 6.45) is 1.73. The molecule has 2 aliphatic heterocycles. The topological polar surface area (TPSA) is 53.6 Å². The first-order chi connectivity index (χ1) is 9.15. The van der Waals surface area contributed by atoms with Crippen molar-refractivity contribution < 1.29 is 9.53 Å². The molecule has 1 amide bonds. The molecule has 2 N–H and O–H groups in total. The molecule has 0 bridgehead atoms. The van der Waals surface area contributed by atoms with Gasteiger partial charge in [0.25, 0.3) is 0 Å². The zero-order valence-electron chi connectivity index (χ0n) is 12.2. The van der Waals surface area contributed by atoms with Crippen LogP contribution in [0.5, 0.6) is 0 Å². The summed E-state index contributed by atoms with van der Waals surface area (Å²) in [5.41, 5.74) is 0. The Bertz CT molecular complexity index is 290. The first kappa shape index (κ1) is 14.8. The third-order valence-electron chi connectivity index (χ3n) is 4.07. The van der Waals surface area contributed by atoms with E-state index in [1.54, 1.807) is 0 Å². The van der Waals surface area contributed by atoms with Crippen LogP contribution in [0.25, 0.3) is 0 Å². The highest BCUT2D eigenvalue weighted by atomic mass is 16.5. The molecule has 5 nitrogen and oxygen atoms in total. The molecule has 2 aliphatic rings. The second kappa shape index (κ2) is 7.22. The number of nitrogens with one attached hydrogen (secondary N) is 2. The van der Waals surface area contributed by atoms with Crippen LogP contribution in [0.2, 0.25) is 0 Å². The molecule has 2 atom stereocenters. The standard InChI is InChI=1S/C14H27N3O2/c1-11(2)17-5-3-12(9-17)8-16-14(18)7-13-10-19-6-4-15-13/h11-13,15H,3-10H2,1-2H3,(H,16,18). The van der Waals surface area contributed by atoms with Gasteiger partial charge in [-0.2, -0.15) is 0 Å². The summed E-state index contributed by atoms with van der Waals surface area (Å²) >= 11 is 0. The van der Waals surface area contributed by atoms with E-state index in [9.17, 15) is 4.79 Å². The molecule has 0 aromatic carbocycles. The van der Waals surface area contributed by atoms with Gasteiger partial charge in [0.05, 0.1) is 13.2 Å². The highest BCUT2D eigenvalue weighted by molar-refractivity contribution is 5.76. The van der Waals surface area contributed by atoms with Crippen molar-refractivity contribution in [2.75, 3.05) is 39.4 Å². The monoisotopic (exact) mass is 269 g/mol. The molecule has 0 spiro atoms. The quantitative estimate of drug-likeness (QED) is 0.749. The van der Waals surface area contributed by atoms with Crippen molar-refractivity contribution in [3.8, 4) is 0 Å². The largest absolute Gasteiger partial charge is 0.378 e. The number of carbonyl (C=O) groups is 1. The molecule has 110 valence electrons. The van der Waals surface area contributed by atoms with Gasteiger partial charge in [-0.05, 0) is 32.7 Å². The highest BCUT2D eigenvalue weighted by Crippen LogP contribution is 2.17. The lowest BCUT2D eigenvalue weighted by molar-refractivity contribution is -0.122. The molecular formula is C14H27N3O2. The summed E-state index contributed by atoms with van der Waals surface area (Å²) in [5.74, 6) is 0.757. The summed E-state index contributed by atoms with van der Waals surface area (Å²) < 4.78 is 5.35. The average molecular weight is 269 g/mol. The molecule has 0 saturated carbocycles. The summed E-state index contributed by atoms with van der Waals surface area (Å²) in [6.45, 7) is 9.81. The smallest absolute Gasteiger partial charge is 0.221 e. The number of likely N-dealkylation sites (tertiary alicyclic amines) is 1. The lowest BCUT2D eigenvalue weighted by Gasteiger charge is -2.23. The Balaban J connectivity index is 1.61. The maximum Gasteiger partial charge on any atom is 0.221 e. The summed E-state index contributed by atoms with van der Waals surface area (Å²) in [5, 5.41) is 6.38. The summed E-state index contributed by atoms with van der Waals surface area (Å²) in [4.78, 5) is 14.3. The molecule has 5 heteroatoms. The fourth-order valence-electron chi connectivity index (χ4n) is 2.80. The zero-order chi connectivity index (χ0) is 13.7. The zero-order valence-corrected chi connectivity index (χ0v) is 12.2. The maximum absolute atomic E-state index is 11.9. The van der Waals surface area contributed by atoms with Crippen LogP contribution < -0.4 is 10.6 Å². The lowest BCUT2D eigenvalue weighted by Crippen LogP contribution is -2.44. The first-order valence-electron chi connectivity index (χ1n) is 7.47. The number of ether oxygens (including phenoxy) is 1. The Kier molecular flexibility index (Phi) is 5.60. The third kappa shape index (κ3) is 4.75. The van der Waals surface area contributed by atoms with Crippen LogP contribution in [0, 0.1) is 5.92 Å². The van der Waals surface area contributed by atoms with Crippen molar-refractivity contribution in [1.29, 1.82) is 0 Å². The molecular weight excluding hydrogens is 242 g/mol. The van der Waals surface area contributed by atoms with Gasteiger partial charge in [0.15, 0.2) is 0 Å². The van der Waals surface area contributed by atoms with Gasteiger partial charge in [0.2, 0.25) is 5.91 Å². The van der Waals surface area contributed by atoms with Crippen LogP contribution in [0.4, 0.5) is 0 Å². The van der Waals surface area contributed by atoms with Gasteiger partial charge in [0.1, 0.15) is 0 Å². The van der Waals surface area contributed by atoms with Crippen LogP contribution in [0.3, 0.4) is 0 Å². The van der Waals surface area contributed by atoms with Crippen molar-refractivity contribution >= 4 is 5.91 Å². The predicted octanol–water partition coefficient (Wildman–Crippen LogP) is 0.211. The second-order valence-electron chi connectivity index (χ2n) is 5.98. The second-order valence-corrected chi connectivity index (χ2v) is 5.98. The Labute approximate surface area is 116 Å². The van der Waals surface area contributed by atoms with E-state index in [2.05, 4.69) is 29.4 Å². The van der Waals surface area contributed by atoms with E-state index >= 15 is 0 Å². The van der Waals surface area contributed by atoms with Crippen LogP contribution in [-0.4, -0.2) is 62.3 Å². The Morgan fingerprint density at radius 1 is 1.53 bits per heavy atom. The van der Waals surface area contributed by atoms with Crippen LogP contribution in [0.1, 0.15) is 26.7 Å². The SMILES string of the molecule is CC(C)N1CCC(CNC(=O)CC2COCCN2)C1. The number of morpholine rings is 1. The molecule has 2 rings (SSSR count). The van der Waals surface area contributed by atoms with Crippen molar-refractivity contribution in [3.63, 3.8) is 0 Å². The number of rotatable bonds is 5. The van der Waals surface area contributed by atoms with Crippen molar-refractivity contribution in [2.24, 2.45) is 5.92 Å². The molecule has 0 aliphatic carbocycles. The molecule has 2 unspecified atom stereocenters. The van der Waals surface area contributed by atoms with E-state index in [1.165, 1.54) is 6.42 Å². The molecule has 0 aromatic rings. The Morgan fingerprint density at radius 3 is 3.00 bits per heavy atom. The van der Waals surface area contributed by atoms with E-state index in [0.29, 0.717) is 25.0 Å². The summed E-state index contributed by atoms with van der Waals surface area (Å²) in [7, 11) is 0. The number of hydrogen-bond donors (Lipinski definition) is 2. The predicted molar refractivity (Wildman–Crippen MR) is 75.1 cm³/mol. The van der Waals surface area contributed by atoms with Crippen molar-refractivity contribution in [3.05, 3.63) is 0 Å². The van der Waals surface area contributed by atoms with Gasteiger partial charge >= 0.3 is 0 Å². The van der Waals surface area contributed by atoms with Crippen molar-refractivity contribution in [2.45, 2.75) is 38.8 Å². The molecule has 2 heterocycles. The number of nitrogens with zero attached hydrogens (tertiary/aromatic N) is 1. The third-order valence-corrected chi connectivity index (χ3v) is 4.07. The van der Waals surface area contributed by atoms with Gasteiger partial charge < -0.3 is 20.3 Å². The van der Waals surface area contributed by atoms with Gasteiger partial charge in [-0.15, -0.1) is 0 Å². The van der Waals surface area contributed by atoms with Gasteiger partial charge in [0, 0.05) is 38.1 Å². The fourth-order valence-corrected chi connectivity index (χ4v) is 2.80. The number of carbonyl (C=O) groups excluding carboxylic acids is 1. The minimum Gasteiger partial charge on any atom is -0.378 e. The van der Waals surface area contributed by atoms with Gasteiger partial charge in [-0.3, -0.25) is 4.79 Å². The highest BCUT2D eigenvalue weighted by Gasteiger charge is 2.24. The fraction of sp³-hybridized carbons (Fsp3) is 0.929. The van der Waals surface area contributed by atoms with Crippen LogP contribution in [0.15, 0.2) is 0 Å². The molecule has 2 fully saturated rings. The van der Waals surface area contributed by atoms with Gasteiger partial charge in [-0.25, -0.2) is 0 Å². The molecule has 19 heavy (non-hydrogen) atoms.